The lowest BCUT2D eigenvalue weighted by molar-refractivity contribution is -0.120. The molecule has 1 aliphatic rings. The monoisotopic (exact) mass is 205 g/mol. The number of carbonyl (C=O) groups is 2. The van der Waals surface area contributed by atoms with Crippen molar-refractivity contribution in [1.29, 1.82) is 0 Å². The molecule has 5 heteroatoms. The number of hydrogen-bond acceptors (Lipinski definition) is 2. The van der Waals surface area contributed by atoms with Crippen LogP contribution < -0.4 is 0 Å². The highest BCUT2D eigenvalue weighted by Gasteiger charge is 2.36. The van der Waals surface area contributed by atoms with E-state index in [1.807, 2.05) is 6.92 Å². The van der Waals surface area contributed by atoms with E-state index in [0.717, 1.165) is 0 Å². The normalized spacial score (nSPS) is 27.7. The van der Waals surface area contributed by atoms with E-state index in [9.17, 15) is 9.59 Å². The van der Waals surface area contributed by atoms with Gasteiger partial charge in [-0.3, -0.25) is 4.79 Å². The van der Waals surface area contributed by atoms with Crippen LogP contribution in [0.5, 0.6) is 0 Å². The van der Waals surface area contributed by atoms with Gasteiger partial charge in [0, 0.05) is 19.0 Å². The second kappa shape index (κ2) is 3.96. The van der Waals surface area contributed by atoms with Gasteiger partial charge in [-0.2, -0.15) is 0 Å². The van der Waals surface area contributed by atoms with Gasteiger partial charge in [-0.15, -0.1) is 11.6 Å². The molecule has 0 bridgehead atoms. The molecule has 1 amide bonds. The van der Waals surface area contributed by atoms with Crippen molar-refractivity contribution in [3.63, 3.8) is 0 Å². The molecule has 74 valence electrons. The minimum atomic E-state index is -0.961. The van der Waals surface area contributed by atoms with E-state index in [2.05, 4.69) is 0 Å². The first-order chi connectivity index (χ1) is 6.06. The van der Waals surface area contributed by atoms with Crippen LogP contribution in [-0.2, 0) is 4.79 Å². The SMILES string of the molecule is C[C@@H]1CN(C(=O)O)C[C@H]1C(=O)CCl. The third-order valence-electron chi connectivity index (χ3n) is 2.43. The van der Waals surface area contributed by atoms with Crippen LogP contribution in [0.4, 0.5) is 4.79 Å². The Balaban J connectivity index is 2.61. The largest absolute Gasteiger partial charge is 0.465 e. The molecule has 0 radical (unpaired) electrons. The summed E-state index contributed by atoms with van der Waals surface area (Å²) in [6.45, 7) is 2.60. The fraction of sp³-hybridized carbons (Fsp3) is 0.750. The van der Waals surface area contributed by atoms with Crippen LogP contribution in [0.3, 0.4) is 0 Å². The minimum absolute atomic E-state index is 0.0253. The summed E-state index contributed by atoms with van der Waals surface area (Å²) in [7, 11) is 0. The minimum Gasteiger partial charge on any atom is -0.465 e. The van der Waals surface area contributed by atoms with Crippen LogP contribution in [0, 0.1) is 11.8 Å². The van der Waals surface area contributed by atoms with Crippen LogP contribution in [0.1, 0.15) is 6.92 Å². The predicted octanol–water partition coefficient (Wildman–Crippen LogP) is 1.04. The molecule has 13 heavy (non-hydrogen) atoms. The highest BCUT2D eigenvalue weighted by Crippen LogP contribution is 2.23. The molecule has 0 aromatic heterocycles. The standard InChI is InChI=1S/C8H12ClNO3/c1-5-3-10(8(12)13)4-6(5)7(11)2-9/h5-6H,2-4H2,1H3,(H,12,13)/t5-,6-/m1/s1. The fourth-order valence-electron chi connectivity index (χ4n) is 1.64. The summed E-state index contributed by atoms with van der Waals surface area (Å²) in [5.74, 6) is -0.212. The number of likely N-dealkylation sites (tertiary alicyclic amines) is 1. The van der Waals surface area contributed by atoms with E-state index in [0.29, 0.717) is 13.1 Å². The lowest BCUT2D eigenvalue weighted by atomic mass is 9.95. The van der Waals surface area contributed by atoms with Crippen LogP contribution in [0.25, 0.3) is 0 Å². The third kappa shape index (κ3) is 2.12. The summed E-state index contributed by atoms with van der Waals surface area (Å²) in [6, 6.07) is 0. The Kier molecular flexibility index (Phi) is 3.14. The molecule has 4 nitrogen and oxygen atoms in total. The first kappa shape index (κ1) is 10.3. The number of Topliss-reactive ketones (excluding diaryl/α,β-unsaturated/α-hetero) is 1. The van der Waals surface area contributed by atoms with Crippen LogP contribution in [-0.4, -0.2) is 40.9 Å². The molecule has 1 aliphatic heterocycles. The van der Waals surface area contributed by atoms with E-state index < -0.39 is 6.09 Å². The van der Waals surface area contributed by atoms with Crippen molar-refractivity contribution in [1.82, 2.24) is 4.90 Å². The lowest BCUT2D eigenvalue weighted by Crippen LogP contribution is -2.28. The first-order valence-corrected chi connectivity index (χ1v) is 4.66. The van der Waals surface area contributed by atoms with Gasteiger partial charge in [0.1, 0.15) is 0 Å². The van der Waals surface area contributed by atoms with Crippen LogP contribution in [0.15, 0.2) is 0 Å². The second-order valence-electron chi connectivity index (χ2n) is 3.37. The number of halogens is 1. The van der Waals surface area contributed by atoms with Gasteiger partial charge in [0.15, 0.2) is 5.78 Å². The Morgan fingerprint density at radius 2 is 2.15 bits per heavy atom. The van der Waals surface area contributed by atoms with E-state index in [-0.39, 0.29) is 23.5 Å². The molecule has 0 saturated carbocycles. The maximum Gasteiger partial charge on any atom is 0.407 e. The highest BCUT2D eigenvalue weighted by molar-refractivity contribution is 6.28. The number of ketones is 1. The zero-order valence-corrected chi connectivity index (χ0v) is 8.12. The number of carbonyl (C=O) groups excluding carboxylic acids is 1. The maximum absolute atomic E-state index is 11.2. The van der Waals surface area contributed by atoms with Crippen molar-refractivity contribution < 1.29 is 14.7 Å². The van der Waals surface area contributed by atoms with E-state index >= 15 is 0 Å². The summed E-state index contributed by atoms with van der Waals surface area (Å²) >= 11 is 5.41. The Hall–Kier alpha value is -0.770. The number of rotatable bonds is 2. The molecular weight excluding hydrogens is 194 g/mol. The van der Waals surface area contributed by atoms with Gasteiger partial charge >= 0.3 is 6.09 Å². The van der Waals surface area contributed by atoms with Gasteiger partial charge in [0.2, 0.25) is 0 Å². The first-order valence-electron chi connectivity index (χ1n) is 4.12. The highest BCUT2D eigenvalue weighted by atomic mass is 35.5. The van der Waals surface area contributed by atoms with Gasteiger partial charge in [-0.05, 0) is 5.92 Å². The maximum atomic E-state index is 11.2. The molecule has 0 aromatic rings. The summed E-state index contributed by atoms with van der Waals surface area (Å²) in [5, 5.41) is 8.68. The summed E-state index contributed by atoms with van der Waals surface area (Å²) in [6.07, 6.45) is -0.961. The van der Waals surface area contributed by atoms with E-state index in [1.54, 1.807) is 0 Å². The van der Waals surface area contributed by atoms with Crippen LogP contribution in [0.2, 0.25) is 0 Å². The topological polar surface area (TPSA) is 57.6 Å². The molecule has 1 N–H and O–H groups in total. The Morgan fingerprint density at radius 1 is 1.54 bits per heavy atom. The number of carboxylic acid groups (broad SMARTS) is 1. The molecule has 0 aromatic carbocycles. The average Bonchev–Trinajstić information content (AvgIpc) is 2.46. The van der Waals surface area contributed by atoms with Crippen molar-refractivity contribution in [3.05, 3.63) is 0 Å². The van der Waals surface area contributed by atoms with Crippen molar-refractivity contribution >= 4 is 23.5 Å². The van der Waals surface area contributed by atoms with Gasteiger partial charge in [0.05, 0.1) is 5.88 Å². The number of hydrogen-bond donors (Lipinski definition) is 1. The van der Waals surface area contributed by atoms with E-state index in [1.165, 1.54) is 4.90 Å². The van der Waals surface area contributed by atoms with E-state index in [4.69, 9.17) is 16.7 Å². The number of nitrogens with zero attached hydrogens (tertiary/aromatic N) is 1. The molecule has 0 unspecified atom stereocenters. The zero-order chi connectivity index (χ0) is 10.0. The van der Waals surface area contributed by atoms with Gasteiger partial charge in [-0.25, -0.2) is 4.79 Å². The summed E-state index contributed by atoms with van der Waals surface area (Å²) < 4.78 is 0. The Bertz CT molecular complexity index is 231. The fourth-order valence-corrected chi connectivity index (χ4v) is 1.84. The van der Waals surface area contributed by atoms with Crippen molar-refractivity contribution in [2.45, 2.75) is 6.92 Å². The summed E-state index contributed by atoms with van der Waals surface area (Å²) in [5.41, 5.74) is 0. The molecule has 2 atom stereocenters. The second-order valence-corrected chi connectivity index (χ2v) is 3.64. The lowest BCUT2D eigenvalue weighted by Gasteiger charge is -2.10. The molecule has 0 aliphatic carbocycles. The Morgan fingerprint density at radius 3 is 2.54 bits per heavy atom. The Labute approximate surface area is 81.5 Å². The molecule has 1 fully saturated rings. The van der Waals surface area contributed by atoms with Crippen molar-refractivity contribution in [3.8, 4) is 0 Å². The molecule has 1 saturated heterocycles. The van der Waals surface area contributed by atoms with Crippen molar-refractivity contribution in [2.24, 2.45) is 11.8 Å². The predicted molar refractivity (Wildman–Crippen MR) is 48.0 cm³/mol. The number of amides is 1. The van der Waals surface area contributed by atoms with Gasteiger partial charge in [0.25, 0.3) is 0 Å². The van der Waals surface area contributed by atoms with Crippen molar-refractivity contribution in [2.75, 3.05) is 19.0 Å². The quantitative estimate of drug-likeness (QED) is 0.686. The van der Waals surface area contributed by atoms with Gasteiger partial charge < -0.3 is 10.0 Å². The van der Waals surface area contributed by atoms with Crippen LogP contribution >= 0.6 is 11.6 Å². The molecule has 0 spiro atoms. The molecule has 1 rings (SSSR count). The number of alkyl halides is 1. The average molecular weight is 206 g/mol. The van der Waals surface area contributed by atoms with Gasteiger partial charge in [-0.1, -0.05) is 6.92 Å². The molecular formula is C8H12ClNO3. The third-order valence-corrected chi connectivity index (χ3v) is 2.69. The smallest absolute Gasteiger partial charge is 0.407 e. The zero-order valence-electron chi connectivity index (χ0n) is 7.36. The molecule has 1 heterocycles. The summed E-state index contributed by atoms with van der Waals surface area (Å²) in [4.78, 5) is 23.1.